The van der Waals surface area contributed by atoms with Crippen LogP contribution >= 0.6 is 0 Å². The zero-order valence-corrected chi connectivity index (χ0v) is 15.3. The van der Waals surface area contributed by atoms with Crippen LogP contribution in [0.5, 0.6) is 0 Å². The van der Waals surface area contributed by atoms with E-state index >= 15 is 0 Å². The highest BCUT2D eigenvalue weighted by molar-refractivity contribution is 5.25. The van der Waals surface area contributed by atoms with Crippen molar-refractivity contribution in [1.29, 1.82) is 0 Å². The first-order chi connectivity index (χ1) is 11.2. The Morgan fingerprint density at radius 3 is 2.50 bits per heavy atom. The maximum atomic E-state index is 10.5. The third-order valence-corrected chi connectivity index (χ3v) is 7.76. The van der Waals surface area contributed by atoms with Crippen LogP contribution in [0.4, 0.5) is 0 Å². The van der Waals surface area contributed by atoms with Crippen LogP contribution < -0.4 is 0 Å². The summed E-state index contributed by atoms with van der Waals surface area (Å²) in [5, 5.41) is 40.1. The van der Waals surface area contributed by atoms with Crippen LogP contribution in [0, 0.1) is 28.1 Å². The Hall–Kier alpha value is -0.420. The molecule has 0 heterocycles. The van der Waals surface area contributed by atoms with E-state index in [1.807, 2.05) is 6.92 Å². The summed E-state index contributed by atoms with van der Waals surface area (Å²) in [6, 6.07) is 0. The van der Waals surface area contributed by atoms with Gasteiger partial charge in [-0.05, 0) is 61.2 Å². The standard InChI is InChI=1S/C20H34O4/c1-18(17(24)11-21)7-6-15-13(8-18)4-5-16-19(2,12-22)9-14(23)10-20(15,16)3/h8,14-17,21-24H,4-7,9-12H2,1-3H3/t14-,15-,16+,17-,18-,19+,20-/m1/s1. The van der Waals surface area contributed by atoms with Gasteiger partial charge in [0.2, 0.25) is 0 Å². The molecule has 7 atom stereocenters. The predicted molar refractivity (Wildman–Crippen MR) is 93.3 cm³/mol. The number of aliphatic hydroxyl groups is 4. The summed E-state index contributed by atoms with van der Waals surface area (Å²) >= 11 is 0. The predicted octanol–water partition coefficient (Wildman–Crippen LogP) is 2.25. The molecule has 4 N–H and O–H groups in total. The molecular weight excluding hydrogens is 304 g/mol. The first-order valence-corrected chi connectivity index (χ1v) is 9.48. The Morgan fingerprint density at radius 2 is 1.88 bits per heavy atom. The van der Waals surface area contributed by atoms with E-state index in [9.17, 15) is 20.4 Å². The molecule has 4 heteroatoms. The molecule has 24 heavy (non-hydrogen) atoms. The molecule has 3 aliphatic rings. The van der Waals surface area contributed by atoms with E-state index in [-0.39, 0.29) is 35.6 Å². The lowest BCUT2D eigenvalue weighted by Crippen LogP contribution is -2.56. The number of hydrogen-bond donors (Lipinski definition) is 4. The molecule has 3 aliphatic carbocycles. The number of hydrogen-bond acceptors (Lipinski definition) is 4. The molecule has 0 aromatic rings. The van der Waals surface area contributed by atoms with Gasteiger partial charge in [0.05, 0.1) is 18.8 Å². The third kappa shape index (κ3) is 2.66. The van der Waals surface area contributed by atoms with Crippen LogP contribution in [0.2, 0.25) is 0 Å². The van der Waals surface area contributed by atoms with Crippen molar-refractivity contribution in [2.45, 2.75) is 71.5 Å². The summed E-state index contributed by atoms with van der Waals surface area (Å²) in [4.78, 5) is 0. The zero-order valence-electron chi connectivity index (χ0n) is 15.3. The molecule has 0 bridgehead atoms. The maximum Gasteiger partial charge on any atom is 0.0858 e. The lowest BCUT2D eigenvalue weighted by Gasteiger charge is -2.61. The van der Waals surface area contributed by atoms with Crippen LogP contribution in [-0.4, -0.2) is 45.8 Å². The Labute approximate surface area is 145 Å². The fraction of sp³-hybridized carbons (Fsp3) is 0.900. The number of allylic oxidation sites excluding steroid dienone is 1. The van der Waals surface area contributed by atoms with E-state index < -0.39 is 6.10 Å². The van der Waals surface area contributed by atoms with Crippen molar-refractivity contribution in [3.8, 4) is 0 Å². The molecule has 0 aromatic carbocycles. The van der Waals surface area contributed by atoms with Crippen molar-refractivity contribution in [1.82, 2.24) is 0 Å². The molecule has 138 valence electrons. The highest BCUT2D eigenvalue weighted by Crippen LogP contribution is 2.63. The Balaban J connectivity index is 1.95. The molecule has 0 spiro atoms. The van der Waals surface area contributed by atoms with Crippen molar-refractivity contribution in [2.75, 3.05) is 13.2 Å². The number of aliphatic hydroxyl groups excluding tert-OH is 4. The molecule has 0 aromatic heterocycles. The highest BCUT2D eigenvalue weighted by Gasteiger charge is 2.57. The minimum atomic E-state index is -0.712. The smallest absolute Gasteiger partial charge is 0.0858 e. The normalized spacial score (nSPS) is 49.8. The van der Waals surface area contributed by atoms with Gasteiger partial charge in [-0.2, -0.15) is 0 Å². The summed E-state index contributed by atoms with van der Waals surface area (Å²) < 4.78 is 0. The van der Waals surface area contributed by atoms with Gasteiger partial charge in [-0.1, -0.05) is 32.4 Å². The quantitative estimate of drug-likeness (QED) is 0.595. The molecule has 0 unspecified atom stereocenters. The van der Waals surface area contributed by atoms with E-state index in [1.54, 1.807) is 0 Å². The lowest BCUT2D eigenvalue weighted by atomic mass is 9.44. The van der Waals surface area contributed by atoms with Gasteiger partial charge in [0.25, 0.3) is 0 Å². The molecule has 0 saturated heterocycles. The van der Waals surface area contributed by atoms with Crippen molar-refractivity contribution < 1.29 is 20.4 Å². The van der Waals surface area contributed by atoms with E-state index in [2.05, 4.69) is 19.9 Å². The van der Waals surface area contributed by atoms with Crippen molar-refractivity contribution in [3.63, 3.8) is 0 Å². The minimum absolute atomic E-state index is 0.00469. The Kier molecular flexibility index (Phi) is 4.66. The second kappa shape index (κ2) is 6.08. The molecule has 4 nitrogen and oxygen atoms in total. The van der Waals surface area contributed by atoms with E-state index in [0.29, 0.717) is 18.3 Å². The van der Waals surface area contributed by atoms with Crippen LogP contribution in [0.1, 0.15) is 59.3 Å². The summed E-state index contributed by atoms with van der Waals surface area (Å²) in [6.45, 7) is 6.41. The first kappa shape index (κ1) is 18.4. The number of rotatable bonds is 3. The summed E-state index contributed by atoms with van der Waals surface area (Å²) in [5.41, 5.74) is 0.843. The second-order valence-corrected chi connectivity index (χ2v) is 9.49. The third-order valence-electron chi connectivity index (χ3n) is 7.76. The monoisotopic (exact) mass is 338 g/mol. The van der Waals surface area contributed by atoms with Crippen LogP contribution in [0.15, 0.2) is 11.6 Å². The summed E-state index contributed by atoms with van der Waals surface area (Å²) in [7, 11) is 0. The summed E-state index contributed by atoms with van der Waals surface area (Å²) in [6.07, 6.45) is 6.54. The molecule has 3 rings (SSSR count). The minimum Gasteiger partial charge on any atom is -0.396 e. The second-order valence-electron chi connectivity index (χ2n) is 9.49. The molecule has 0 aliphatic heterocycles. The summed E-state index contributed by atoms with van der Waals surface area (Å²) in [5.74, 6) is 0.837. The molecular formula is C20H34O4. The first-order valence-electron chi connectivity index (χ1n) is 9.48. The van der Waals surface area contributed by atoms with E-state index in [1.165, 1.54) is 5.57 Å². The van der Waals surface area contributed by atoms with Gasteiger partial charge in [-0.15, -0.1) is 0 Å². The SMILES string of the molecule is C[C@@]1(CO)C[C@@H](O)C[C@]2(C)[C@@H]3CC[C@@](C)([C@H](O)CO)C=C3CC[C@@H]12. The van der Waals surface area contributed by atoms with Gasteiger partial charge in [-0.25, -0.2) is 0 Å². The van der Waals surface area contributed by atoms with Gasteiger partial charge in [-0.3, -0.25) is 0 Å². The van der Waals surface area contributed by atoms with Gasteiger partial charge in [0.15, 0.2) is 0 Å². The van der Waals surface area contributed by atoms with Crippen molar-refractivity contribution in [2.24, 2.45) is 28.1 Å². The van der Waals surface area contributed by atoms with Crippen molar-refractivity contribution in [3.05, 3.63) is 11.6 Å². The zero-order chi connectivity index (χ0) is 17.8. The average Bonchev–Trinajstić information content (AvgIpc) is 2.52. The van der Waals surface area contributed by atoms with Gasteiger partial charge < -0.3 is 20.4 Å². The fourth-order valence-corrected chi connectivity index (χ4v) is 6.46. The fourth-order valence-electron chi connectivity index (χ4n) is 6.46. The van der Waals surface area contributed by atoms with Gasteiger partial charge in [0, 0.05) is 12.0 Å². The Morgan fingerprint density at radius 1 is 1.17 bits per heavy atom. The van der Waals surface area contributed by atoms with E-state index in [4.69, 9.17) is 0 Å². The van der Waals surface area contributed by atoms with Crippen LogP contribution in [0.3, 0.4) is 0 Å². The highest BCUT2D eigenvalue weighted by atomic mass is 16.3. The van der Waals surface area contributed by atoms with E-state index in [0.717, 1.165) is 32.1 Å². The Bertz CT molecular complexity index is 518. The van der Waals surface area contributed by atoms with Crippen molar-refractivity contribution >= 4 is 0 Å². The number of fused-ring (bicyclic) bond motifs is 3. The average molecular weight is 338 g/mol. The van der Waals surface area contributed by atoms with Gasteiger partial charge >= 0.3 is 0 Å². The van der Waals surface area contributed by atoms with Crippen LogP contribution in [0.25, 0.3) is 0 Å². The van der Waals surface area contributed by atoms with Gasteiger partial charge in [0.1, 0.15) is 0 Å². The van der Waals surface area contributed by atoms with Crippen LogP contribution in [-0.2, 0) is 0 Å². The lowest BCUT2D eigenvalue weighted by molar-refractivity contribution is -0.134. The topological polar surface area (TPSA) is 80.9 Å². The molecule has 0 amide bonds. The largest absolute Gasteiger partial charge is 0.396 e. The molecule has 2 saturated carbocycles. The molecule has 0 radical (unpaired) electrons. The molecule has 2 fully saturated rings. The maximum absolute atomic E-state index is 10.5.